The zero-order valence-corrected chi connectivity index (χ0v) is 47.6. The number of aliphatic hydroxyl groups is 1. The Hall–Kier alpha value is -5.23. The van der Waals surface area contributed by atoms with Crippen molar-refractivity contribution in [1.82, 2.24) is 29.5 Å². The van der Waals surface area contributed by atoms with E-state index in [1.807, 2.05) is 96.1 Å². The maximum Gasteiger partial charge on any atom is 0.411 e. The normalized spacial score (nSPS) is 18.8. The van der Waals surface area contributed by atoms with Gasteiger partial charge in [-0.15, -0.1) is 11.3 Å². The number of carbonyl (C=O) groups is 6. The number of nitrogens with zero attached hydrogens (tertiary/aromatic N) is 6. The van der Waals surface area contributed by atoms with Crippen molar-refractivity contribution in [2.45, 2.75) is 130 Å². The van der Waals surface area contributed by atoms with Crippen molar-refractivity contribution in [2.24, 2.45) is 35.5 Å². The van der Waals surface area contributed by atoms with E-state index in [4.69, 9.17) is 9.47 Å². The molecule has 10 atom stereocenters. The maximum atomic E-state index is 14.9. The number of carbonyl (C=O) groups excluding carboxylic acids is 6. The van der Waals surface area contributed by atoms with E-state index >= 15 is 0 Å². The highest BCUT2D eigenvalue weighted by Gasteiger charge is 2.44. The Morgan fingerprint density at radius 3 is 2.08 bits per heavy atom. The van der Waals surface area contributed by atoms with Crippen LogP contribution in [0, 0.1) is 35.5 Å². The molecule has 0 aliphatic carbocycles. The number of ketones is 2. The first-order valence-electron chi connectivity index (χ1n) is 27.1. The van der Waals surface area contributed by atoms with E-state index in [9.17, 15) is 33.9 Å². The predicted molar refractivity (Wildman–Crippen MR) is 294 cm³/mol. The van der Waals surface area contributed by atoms with Crippen LogP contribution in [0.15, 0.2) is 66.2 Å². The Morgan fingerprint density at radius 2 is 1.52 bits per heavy atom. The average molecular weight is 1060 g/mol. The second-order valence-corrected chi connectivity index (χ2v) is 22.7. The van der Waals surface area contributed by atoms with Gasteiger partial charge in [0.1, 0.15) is 5.78 Å². The standard InChI is InChI=1S/C58H87N7O9S/c1-13-39(6)53(50(73-12)35-51(69)65-26-17-20-47(65)46(36-66)40(7)48(67)33-43(55-60-25-31-75-55)32-41-18-15-14-16-19-41)62(10)56(70)45(37(2)3)34-49(68)52(38(4)5)63(11)58(72)74-54(42-21-23-44(59-8)24-22-42)57(71)64-29-27-61(9)28-30-64/h14-16,18-19,21-25,31,37-40,43,45-47,50,52-54,59,66H,13,17,20,26-30,32-36H2,1-12H3/t39-,40+,43+,45-,46+,47-,50+,52-,53-,54?/m0/s1. The maximum absolute atomic E-state index is 14.9. The number of rotatable bonds is 27. The summed E-state index contributed by atoms with van der Waals surface area (Å²) in [5.74, 6) is -3.72. The van der Waals surface area contributed by atoms with Gasteiger partial charge in [0.05, 0.1) is 29.6 Å². The summed E-state index contributed by atoms with van der Waals surface area (Å²) in [6, 6.07) is 15.3. The number of likely N-dealkylation sites (N-methyl/N-ethyl adjacent to an activating group) is 3. The second-order valence-electron chi connectivity index (χ2n) is 21.7. The molecule has 75 heavy (non-hydrogen) atoms. The predicted octanol–water partition coefficient (Wildman–Crippen LogP) is 7.82. The molecule has 3 aromatic rings. The molecule has 5 rings (SSSR count). The number of likely N-dealkylation sites (tertiary alicyclic amines) is 1. The lowest BCUT2D eigenvalue weighted by Gasteiger charge is -2.41. The molecule has 2 saturated heterocycles. The lowest BCUT2D eigenvalue weighted by atomic mass is 9.80. The zero-order valence-electron chi connectivity index (χ0n) is 46.8. The van der Waals surface area contributed by atoms with E-state index in [2.05, 4.69) is 27.3 Å². The number of methoxy groups -OCH3 is 1. The van der Waals surface area contributed by atoms with Crippen molar-refractivity contribution < 1.29 is 43.3 Å². The molecule has 0 spiro atoms. The van der Waals surface area contributed by atoms with Gasteiger partial charge >= 0.3 is 6.09 Å². The van der Waals surface area contributed by atoms with E-state index in [-0.39, 0.29) is 84.9 Å². The monoisotopic (exact) mass is 1060 g/mol. The van der Waals surface area contributed by atoms with Crippen molar-refractivity contribution in [3.63, 3.8) is 0 Å². The Bertz CT molecular complexity index is 2290. The van der Waals surface area contributed by atoms with Crippen molar-refractivity contribution in [3.05, 3.63) is 82.3 Å². The third-order valence-corrected chi connectivity index (χ3v) is 17.0. The molecule has 2 aliphatic rings. The topological polar surface area (TPSA) is 182 Å². The smallest absolute Gasteiger partial charge is 0.411 e. The Labute approximate surface area is 450 Å². The molecule has 16 nitrogen and oxygen atoms in total. The number of piperazine rings is 1. The van der Waals surface area contributed by atoms with E-state index in [0.29, 0.717) is 57.5 Å². The molecule has 1 unspecified atom stereocenters. The number of hydrogen-bond acceptors (Lipinski definition) is 13. The van der Waals surface area contributed by atoms with Crippen molar-refractivity contribution in [3.8, 4) is 0 Å². The summed E-state index contributed by atoms with van der Waals surface area (Å²) >= 11 is 1.53. The van der Waals surface area contributed by atoms with Gasteiger partial charge in [-0.2, -0.15) is 0 Å². The number of thiazole rings is 1. The van der Waals surface area contributed by atoms with Crippen LogP contribution < -0.4 is 5.32 Å². The molecule has 17 heteroatoms. The number of benzene rings is 2. The summed E-state index contributed by atoms with van der Waals surface area (Å²) in [5, 5.41) is 16.8. The van der Waals surface area contributed by atoms with Crippen LogP contribution >= 0.6 is 11.3 Å². The fraction of sp³-hybridized carbons (Fsp3) is 0.638. The van der Waals surface area contributed by atoms with Gasteiger partial charge in [0.2, 0.25) is 17.9 Å². The molecule has 414 valence electrons. The van der Waals surface area contributed by atoms with Crippen molar-refractivity contribution in [1.29, 1.82) is 0 Å². The molecule has 2 aromatic carbocycles. The van der Waals surface area contributed by atoms with Gasteiger partial charge in [0.15, 0.2) is 5.78 Å². The summed E-state index contributed by atoms with van der Waals surface area (Å²) in [7, 11) is 8.55. The Balaban J connectivity index is 1.29. The van der Waals surface area contributed by atoms with Gasteiger partial charge in [-0.1, -0.05) is 97.4 Å². The first-order valence-corrected chi connectivity index (χ1v) is 28.0. The summed E-state index contributed by atoms with van der Waals surface area (Å²) in [6.07, 6.45) is 1.76. The molecule has 1 aromatic heterocycles. The quantitative estimate of drug-likeness (QED) is 0.0757. The lowest BCUT2D eigenvalue weighted by Crippen LogP contribution is -2.54. The molecular formula is C58H87N7O9S. The van der Waals surface area contributed by atoms with E-state index in [0.717, 1.165) is 22.7 Å². The molecule has 0 bridgehead atoms. The zero-order chi connectivity index (χ0) is 55.1. The first kappa shape index (κ1) is 60.6. The number of aromatic nitrogens is 1. The average Bonchev–Trinajstić information content (AvgIpc) is 4.13. The lowest BCUT2D eigenvalue weighted by molar-refractivity contribution is -0.148. The number of amides is 4. The molecule has 3 heterocycles. The highest BCUT2D eigenvalue weighted by atomic mass is 32.1. The van der Waals surface area contributed by atoms with Gasteiger partial charge < -0.3 is 44.4 Å². The molecule has 2 aliphatic heterocycles. The van der Waals surface area contributed by atoms with E-state index in [1.165, 1.54) is 23.3 Å². The van der Waals surface area contributed by atoms with E-state index < -0.39 is 48.1 Å². The first-order chi connectivity index (χ1) is 35.8. The van der Waals surface area contributed by atoms with Crippen LogP contribution in [0.25, 0.3) is 0 Å². The minimum Gasteiger partial charge on any atom is -0.431 e. The van der Waals surface area contributed by atoms with Crippen LogP contribution in [0.2, 0.25) is 0 Å². The number of nitrogens with one attached hydrogen (secondary N) is 1. The number of aliphatic hydroxyl groups excluding tert-OH is 1. The Kier molecular flexibility index (Phi) is 23.3. The van der Waals surface area contributed by atoms with Crippen molar-refractivity contribution in [2.75, 3.05) is 79.9 Å². The number of hydrogen-bond donors (Lipinski definition) is 2. The van der Waals surface area contributed by atoms with Crippen LogP contribution in [0.5, 0.6) is 0 Å². The highest BCUT2D eigenvalue weighted by Crippen LogP contribution is 2.35. The molecule has 4 amide bonds. The van der Waals surface area contributed by atoms with Gasteiger partial charge in [-0.25, -0.2) is 9.78 Å². The summed E-state index contributed by atoms with van der Waals surface area (Å²) in [5.41, 5.74) is 2.45. The second kappa shape index (κ2) is 28.8. The summed E-state index contributed by atoms with van der Waals surface area (Å²) < 4.78 is 12.2. The van der Waals surface area contributed by atoms with Gasteiger partial charge in [-0.3, -0.25) is 24.0 Å². The Morgan fingerprint density at radius 1 is 0.853 bits per heavy atom. The molecule has 2 N–H and O–H groups in total. The number of anilines is 1. The molecule has 0 radical (unpaired) electrons. The third kappa shape index (κ3) is 15.7. The third-order valence-electron chi connectivity index (χ3n) is 16.1. The summed E-state index contributed by atoms with van der Waals surface area (Å²) in [6.45, 7) is 15.9. The minimum atomic E-state index is -1.24. The van der Waals surface area contributed by atoms with Crippen LogP contribution in [-0.4, -0.2) is 169 Å². The van der Waals surface area contributed by atoms with Crippen LogP contribution in [0.4, 0.5) is 10.5 Å². The van der Waals surface area contributed by atoms with Crippen molar-refractivity contribution >= 4 is 52.4 Å². The fourth-order valence-corrected chi connectivity index (χ4v) is 12.0. The number of Topliss-reactive ketones (excluding diaryl/α,β-unsaturated/α-hetero) is 2. The van der Waals surface area contributed by atoms with Crippen LogP contribution in [0.3, 0.4) is 0 Å². The van der Waals surface area contributed by atoms with Crippen LogP contribution in [0.1, 0.15) is 115 Å². The van der Waals surface area contributed by atoms with Gasteiger partial charge in [0, 0.05) is 133 Å². The minimum absolute atomic E-state index is 0.0224. The van der Waals surface area contributed by atoms with Gasteiger partial charge in [-0.05, 0) is 61.8 Å². The number of ether oxygens (including phenoxy) is 2. The molecule has 2 fully saturated rings. The largest absolute Gasteiger partial charge is 0.431 e. The molecule has 0 saturated carbocycles. The van der Waals surface area contributed by atoms with Crippen LogP contribution in [-0.2, 0) is 39.9 Å². The fourth-order valence-electron chi connectivity index (χ4n) is 11.2. The van der Waals surface area contributed by atoms with Gasteiger partial charge in [0.25, 0.3) is 5.91 Å². The SMILES string of the molecule is CC[C@H](C)[C@@H]([C@@H](CC(=O)N1CCC[C@H]1[C@H](CO)[C@@H](C)C(=O)C[C@@H](Cc1ccccc1)c1nccs1)OC)N(C)C(=O)[C@@H](CC(=O)[C@H](C(C)C)N(C)C(=O)OC(C(=O)N1CCN(C)CC1)c1ccc(NC)cc1)C(C)C. The highest BCUT2D eigenvalue weighted by molar-refractivity contribution is 7.09. The van der Waals surface area contributed by atoms with E-state index in [1.54, 1.807) is 49.3 Å². The summed E-state index contributed by atoms with van der Waals surface area (Å²) in [4.78, 5) is 99.6. The molecular weight excluding hydrogens is 971 g/mol.